The topological polar surface area (TPSA) is 22.1 Å². The van der Waals surface area contributed by atoms with E-state index < -0.39 is 0 Å². The summed E-state index contributed by atoms with van der Waals surface area (Å²) in [6.07, 6.45) is 1.86. The third-order valence-corrected chi connectivity index (χ3v) is 3.04. The molecule has 1 heterocycles. The quantitative estimate of drug-likeness (QED) is 0.810. The third-order valence-electron chi connectivity index (χ3n) is 2.81. The van der Waals surface area contributed by atoms with Gasteiger partial charge in [0.2, 0.25) is 0 Å². The van der Waals surface area contributed by atoms with E-state index >= 15 is 0 Å². The Morgan fingerprint density at radius 1 is 1.17 bits per heavy atom. The van der Waals surface area contributed by atoms with Crippen molar-refractivity contribution in [2.45, 2.75) is 19.8 Å². The maximum absolute atomic E-state index is 6.00. The van der Waals surface area contributed by atoms with Gasteiger partial charge in [-0.2, -0.15) is 0 Å². The predicted octanol–water partition coefficient (Wildman–Crippen LogP) is 4.53. The summed E-state index contributed by atoms with van der Waals surface area (Å²) in [5.41, 5.74) is 3.03. The lowest BCUT2D eigenvalue weighted by molar-refractivity contribution is 0.404. The smallest absolute Gasteiger partial charge is 0.141 e. The molecule has 1 aromatic carbocycles. The number of hydrogen-bond donors (Lipinski definition) is 0. The van der Waals surface area contributed by atoms with Crippen molar-refractivity contribution in [1.29, 1.82) is 0 Å². The van der Waals surface area contributed by atoms with Gasteiger partial charge in [-0.25, -0.2) is 0 Å². The molecular formula is C15H16ClNO. The summed E-state index contributed by atoms with van der Waals surface area (Å²) in [5.74, 6) is 1.16. The number of pyridine rings is 1. The standard InChI is InChI=1S/C15H16ClNO/c1-10(2)15-14(18-3)8-12(9-17-15)11-5-4-6-13(16)7-11/h4-10H,1-3H3. The minimum Gasteiger partial charge on any atom is -0.495 e. The van der Waals surface area contributed by atoms with E-state index in [1.54, 1.807) is 7.11 Å². The molecule has 18 heavy (non-hydrogen) atoms. The van der Waals surface area contributed by atoms with Gasteiger partial charge in [-0.15, -0.1) is 0 Å². The van der Waals surface area contributed by atoms with E-state index in [9.17, 15) is 0 Å². The van der Waals surface area contributed by atoms with Crippen molar-refractivity contribution in [2.75, 3.05) is 7.11 Å². The van der Waals surface area contributed by atoms with Crippen LogP contribution in [0.5, 0.6) is 5.75 Å². The Morgan fingerprint density at radius 2 is 1.94 bits per heavy atom. The van der Waals surface area contributed by atoms with Gasteiger partial charge in [-0.3, -0.25) is 4.98 Å². The van der Waals surface area contributed by atoms with Crippen LogP contribution < -0.4 is 4.74 Å². The van der Waals surface area contributed by atoms with Crippen LogP contribution in [0.25, 0.3) is 11.1 Å². The van der Waals surface area contributed by atoms with E-state index in [4.69, 9.17) is 16.3 Å². The molecule has 2 rings (SSSR count). The Bertz CT molecular complexity index is 552. The average molecular weight is 262 g/mol. The highest BCUT2D eigenvalue weighted by atomic mass is 35.5. The van der Waals surface area contributed by atoms with Crippen LogP contribution in [0.3, 0.4) is 0 Å². The number of rotatable bonds is 3. The Hall–Kier alpha value is -1.54. The molecule has 0 N–H and O–H groups in total. The van der Waals surface area contributed by atoms with Gasteiger partial charge in [-0.05, 0) is 29.7 Å². The van der Waals surface area contributed by atoms with E-state index in [0.717, 1.165) is 27.6 Å². The van der Waals surface area contributed by atoms with Crippen LogP contribution in [-0.4, -0.2) is 12.1 Å². The van der Waals surface area contributed by atoms with Gasteiger partial charge in [-0.1, -0.05) is 37.6 Å². The molecule has 0 aliphatic rings. The molecule has 0 bridgehead atoms. The van der Waals surface area contributed by atoms with Crippen molar-refractivity contribution >= 4 is 11.6 Å². The van der Waals surface area contributed by atoms with Crippen LogP contribution in [0.1, 0.15) is 25.5 Å². The van der Waals surface area contributed by atoms with Crippen molar-refractivity contribution in [1.82, 2.24) is 4.98 Å². The highest BCUT2D eigenvalue weighted by molar-refractivity contribution is 6.30. The SMILES string of the molecule is COc1cc(-c2cccc(Cl)c2)cnc1C(C)C. The first-order valence-electron chi connectivity index (χ1n) is 5.91. The molecule has 0 spiro atoms. The molecule has 0 unspecified atom stereocenters. The molecule has 0 saturated heterocycles. The molecule has 2 aromatic rings. The maximum Gasteiger partial charge on any atom is 0.141 e. The molecule has 1 aromatic heterocycles. The first-order chi connectivity index (χ1) is 8.61. The van der Waals surface area contributed by atoms with Gasteiger partial charge in [0.1, 0.15) is 5.75 Å². The molecule has 0 atom stereocenters. The highest BCUT2D eigenvalue weighted by Gasteiger charge is 2.10. The monoisotopic (exact) mass is 261 g/mol. The van der Waals surface area contributed by atoms with E-state index in [2.05, 4.69) is 18.8 Å². The molecule has 0 aliphatic carbocycles. The second-order valence-corrected chi connectivity index (χ2v) is 4.91. The Balaban J connectivity index is 2.47. The summed E-state index contributed by atoms with van der Waals surface area (Å²) in [6.45, 7) is 4.20. The summed E-state index contributed by atoms with van der Waals surface area (Å²) >= 11 is 6.00. The first-order valence-corrected chi connectivity index (χ1v) is 6.29. The van der Waals surface area contributed by atoms with Gasteiger partial charge in [0, 0.05) is 16.8 Å². The Morgan fingerprint density at radius 3 is 2.56 bits per heavy atom. The molecule has 0 amide bonds. The van der Waals surface area contributed by atoms with Crippen LogP contribution in [-0.2, 0) is 0 Å². The summed E-state index contributed by atoms with van der Waals surface area (Å²) in [7, 11) is 1.67. The number of methoxy groups -OCH3 is 1. The molecule has 0 fully saturated rings. The number of ether oxygens (including phenoxy) is 1. The molecule has 0 radical (unpaired) electrons. The summed E-state index contributed by atoms with van der Waals surface area (Å²) in [4.78, 5) is 4.49. The van der Waals surface area contributed by atoms with Crippen molar-refractivity contribution in [3.63, 3.8) is 0 Å². The lowest BCUT2D eigenvalue weighted by Crippen LogP contribution is -1.98. The summed E-state index contributed by atoms with van der Waals surface area (Å²) in [6, 6.07) is 9.73. The fourth-order valence-corrected chi connectivity index (χ4v) is 2.07. The number of aromatic nitrogens is 1. The minimum absolute atomic E-state index is 0.341. The first kappa shape index (κ1) is 12.9. The predicted molar refractivity (Wildman–Crippen MR) is 75.3 cm³/mol. The fourth-order valence-electron chi connectivity index (χ4n) is 1.88. The van der Waals surface area contributed by atoms with Crippen LogP contribution in [0.15, 0.2) is 36.5 Å². The molecule has 94 valence electrons. The van der Waals surface area contributed by atoms with Crippen molar-refractivity contribution in [3.8, 4) is 16.9 Å². The van der Waals surface area contributed by atoms with Crippen molar-refractivity contribution < 1.29 is 4.74 Å². The number of nitrogens with zero attached hydrogens (tertiary/aromatic N) is 1. The van der Waals surface area contributed by atoms with Gasteiger partial charge < -0.3 is 4.74 Å². The summed E-state index contributed by atoms with van der Waals surface area (Å²) < 4.78 is 5.40. The molecule has 3 heteroatoms. The van der Waals surface area contributed by atoms with Gasteiger partial charge >= 0.3 is 0 Å². The van der Waals surface area contributed by atoms with Gasteiger partial charge in [0.05, 0.1) is 12.8 Å². The van der Waals surface area contributed by atoms with E-state index in [0.29, 0.717) is 5.92 Å². The minimum atomic E-state index is 0.341. The van der Waals surface area contributed by atoms with E-state index in [1.165, 1.54) is 0 Å². The largest absolute Gasteiger partial charge is 0.495 e. The molecule has 2 nitrogen and oxygen atoms in total. The van der Waals surface area contributed by atoms with Gasteiger partial charge in [0.25, 0.3) is 0 Å². The van der Waals surface area contributed by atoms with Crippen LogP contribution >= 0.6 is 11.6 Å². The van der Waals surface area contributed by atoms with E-state index in [1.807, 2.05) is 36.5 Å². The van der Waals surface area contributed by atoms with E-state index in [-0.39, 0.29) is 0 Å². The zero-order valence-electron chi connectivity index (χ0n) is 10.8. The zero-order valence-corrected chi connectivity index (χ0v) is 11.5. The summed E-state index contributed by atoms with van der Waals surface area (Å²) in [5, 5.41) is 0.722. The zero-order chi connectivity index (χ0) is 13.1. The molecular weight excluding hydrogens is 246 g/mol. The van der Waals surface area contributed by atoms with Crippen molar-refractivity contribution in [2.24, 2.45) is 0 Å². The fraction of sp³-hybridized carbons (Fsp3) is 0.267. The second kappa shape index (κ2) is 5.40. The molecule has 0 saturated carbocycles. The average Bonchev–Trinajstić information content (AvgIpc) is 2.37. The Labute approximate surface area is 113 Å². The number of benzene rings is 1. The second-order valence-electron chi connectivity index (χ2n) is 4.48. The third kappa shape index (κ3) is 2.65. The van der Waals surface area contributed by atoms with Crippen LogP contribution in [0, 0.1) is 0 Å². The van der Waals surface area contributed by atoms with Crippen LogP contribution in [0.4, 0.5) is 0 Å². The van der Waals surface area contributed by atoms with Crippen LogP contribution in [0.2, 0.25) is 5.02 Å². The van der Waals surface area contributed by atoms with Crippen molar-refractivity contribution in [3.05, 3.63) is 47.2 Å². The normalized spacial score (nSPS) is 10.7. The number of halogens is 1. The number of hydrogen-bond acceptors (Lipinski definition) is 2. The van der Waals surface area contributed by atoms with Gasteiger partial charge in [0.15, 0.2) is 0 Å². The maximum atomic E-state index is 6.00. The molecule has 0 aliphatic heterocycles. The highest BCUT2D eigenvalue weighted by Crippen LogP contribution is 2.30. The lowest BCUT2D eigenvalue weighted by Gasteiger charge is -2.12. The lowest BCUT2D eigenvalue weighted by atomic mass is 10.0. The Kier molecular flexibility index (Phi) is 3.87.